The van der Waals surface area contributed by atoms with Crippen molar-refractivity contribution in [3.63, 3.8) is 0 Å². The van der Waals surface area contributed by atoms with E-state index < -0.39 is 0 Å². The van der Waals surface area contributed by atoms with Crippen LogP contribution < -0.4 is 5.32 Å². The Kier molecular flexibility index (Phi) is 4.46. The van der Waals surface area contributed by atoms with E-state index in [1.165, 1.54) is 18.5 Å². The first kappa shape index (κ1) is 14.7. The number of carbonyl (C=O) groups excluding carboxylic acids is 1. The van der Waals surface area contributed by atoms with E-state index in [9.17, 15) is 9.18 Å². The van der Waals surface area contributed by atoms with Gasteiger partial charge in [0.25, 0.3) is 0 Å². The normalized spacial score (nSPS) is 20.4. The minimum absolute atomic E-state index is 0.0635. The van der Waals surface area contributed by atoms with Gasteiger partial charge in [-0.05, 0) is 42.9 Å². The first-order chi connectivity index (χ1) is 10.7. The average molecular weight is 302 g/mol. The Bertz CT molecular complexity index is 606. The van der Waals surface area contributed by atoms with Crippen molar-refractivity contribution in [2.75, 3.05) is 0 Å². The molecule has 1 saturated carbocycles. The molecule has 1 N–H and O–H groups in total. The van der Waals surface area contributed by atoms with Crippen LogP contribution in [0.1, 0.15) is 24.8 Å². The molecule has 0 unspecified atom stereocenters. The molecule has 3 rings (SSSR count). The molecule has 0 saturated heterocycles. The van der Waals surface area contributed by atoms with Crippen molar-refractivity contribution in [2.45, 2.75) is 38.3 Å². The molecule has 1 amide bonds. The summed E-state index contributed by atoms with van der Waals surface area (Å²) in [6.07, 6.45) is 6.31. The zero-order valence-electron chi connectivity index (χ0n) is 12.3. The van der Waals surface area contributed by atoms with Crippen LogP contribution in [0.4, 0.5) is 4.39 Å². The van der Waals surface area contributed by atoms with Crippen LogP contribution in [0.15, 0.2) is 36.9 Å². The Morgan fingerprint density at radius 2 is 2.09 bits per heavy atom. The summed E-state index contributed by atoms with van der Waals surface area (Å²) in [4.78, 5) is 15.8. The summed E-state index contributed by atoms with van der Waals surface area (Å²) in [5.41, 5.74) is 0.981. The van der Waals surface area contributed by atoms with Crippen LogP contribution in [0.3, 0.4) is 0 Å². The largest absolute Gasteiger partial charge is 0.353 e. The van der Waals surface area contributed by atoms with E-state index in [4.69, 9.17) is 0 Å². The van der Waals surface area contributed by atoms with Crippen molar-refractivity contribution in [1.82, 2.24) is 20.1 Å². The number of amides is 1. The minimum Gasteiger partial charge on any atom is -0.353 e. The standard InChI is InChI=1S/C16H19FN4O/c17-14-4-1-12(2-5-14)3-6-16(22)20-15-7-13(8-15)9-21-11-18-10-19-21/h1-2,4-5,10-11,13,15H,3,6-9H2,(H,20,22). The highest BCUT2D eigenvalue weighted by atomic mass is 19.1. The average Bonchev–Trinajstić information content (AvgIpc) is 2.97. The summed E-state index contributed by atoms with van der Waals surface area (Å²) in [6, 6.07) is 6.57. The van der Waals surface area contributed by atoms with Gasteiger partial charge in [0.1, 0.15) is 18.5 Å². The predicted molar refractivity (Wildman–Crippen MR) is 79.4 cm³/mol. The Labute approximate surface area is 128 Å². The molecule has 1 aromatic carbocycles. The number of carbonyl (C=O) groups is 1. The van der Waals surface area contributed by atoms with Crippen molar-refractivity contribution in [1.29, 1.82) is 0 Å². The molecule has 0 bridgehead atoms. The van der Waals surface area contributed by atoms with E-state index in [1.54, 1.807) is 18.5 Å². The highest BCUT2D eigenvalue weighted by molar-refractivity contribution is 5.76. The van der Waals surface area contributed by atoms with E-state index >= 15 is 0 Å². The quantitative estimate of drug-likeness (QED) is 0.887. The summed E-state index contributed by atoms with van der Waals surface area (Å²) >= 11 is 0. The third-order valence-electron chi connectivity index (χ3n) is 4.07. The van der Waals surface area contributed by atoms with Gasteiger partial charge < -0.3 is 5.32 Å². The molecule has 0 aliphatic heterocycles. The summed E-state index contributed by atoms with van der Waals surface area (Å²) < 4.78 is 14.6. The first-order valence-electron chi connectivity index (χ1n) is 7.55. The fourth-order valence-corrected chi connectivity index (χ4v) is 2.80. The van der Waals surface area contributed by atoms with Crippen LogP contribution in [-0.2, 0) is 17.8 Å². The molecule has 0 radical (unpaired) electrons. The van der Waals surface area contributed by atoms with Gasteiger partial charge in [-0.1, -0.05) is 12.1 Å². The van der Waals surface area contributed by atoms with E-state index in [-0.39, 0.29) is 17.8 Å². The number of halogens is 1. The Morgan fingerprint density at radius 1 is 1.32 bits per heavy atom. The maximum Gasteiger partial charge on any atom is 0.220 e. The summed E-state index contributed by atoms with van der Waals surface area (Å²) in [6.45, 7) is 0.863. The first-order valence-corrected chi connectivity index (χ1v) is 7.55. The van der Waals surface area contributed by atoms with Crippen molar-refractivity contribution in [3.05, 3.63) is 48.3 Å². The third-order valence-corrected chi connectivity index (χ3v) is 4.07. The Morgan fingerprint density at radius 3 is 2.77 bits per heavy atom. The third kappa shape index (κ3) is 3.90. The van der Waals surface area contributed by atoms with E-state index in [2.05, 4.69) is 15.4 Å². The second kappa shape index (κ2) is 6.68. The molecule has 1 aliphatic rings. The SMILES string of the molecule is O=C(CCc1ccc(F)cc1)NC1CC(Cn2cncn2)C1. The molecule has 0 spiro atoms. The van der Waals surface area contributed by atoms with E-state index in [0.717, 1.165) is 24.9 Å². The summed E-state index contributed by atoms with van der Waals surface area (Å²) in [7, 11) is 0. The molecule has 116 valence electrons. The van der Waals surface area contributed by atoms with Gasteiger partial charge in [0, 0.05) is 19.0 Å². The van der Waals surface area contributed by atoms with E-state index in [0.29, 0.717) is 18.8 Å². The Balaban J connectivity index is 1.34. The van der Waals surface area contributed by atoms with Gasteiger partial charge in [-0.25, -0.2) is 9.37 Å². The number of rotatable bonds is 6. The van der Waals surface area contributed by atoms with Gasteiger partial charge in [-0.3, -0.25) is 9.48 Å². The van der Waals surface area contributed by atoms with Crippen molar-refractivity contribution >= 4 is 5.91 Å². The second-order valence-corrected chi connectivity index (χ2v) is 5.85. The molecule has 2 aromatic rings. The van der Waals surface area contributed by atoms with Gasteiger partial charge in [-0.15, -0.1) is 0 Å². The molecule has 1 aromatic heterocycles. The number of aryl methyl sites for hydroxylation is 1. The molecule has 0 atom stereocenters. The second-order valence-electron chi connectivity index (χ2n) is 5.85. The number of hydrogen-bond donors (Lipinski definition) is 1. The maximum atomic E-state index is 12.8. The lowest BCUT2D eigenvalue weighted by atomic mass is 9.80. The lowest BCUT2D eigenvalue weighted by Gasteiger charge is -2.35. The van der Waals surface area contributed by atoms with Crippen LogP contribution >= 0.6 is 0 Å². The fourth-order valence-electron chi connectivity index (χ4n) is 2.80. The number of aromatic nitrogens is 3. The van der Waals surface area contributed by atoms with Crippen molar-refractivity contribution in [3.8, 4) is 0 Å². The summed E-state index contributed by atoms with van der Waals surface area (Å²) in [5.74, 6) is 0.374. The number of benzene rings is 1. The van der Waals surface area contributed by atoms with Gasteiger partial charge >= 0.3 is 0 Å². The van der Waals surface area contributed by atoms with Crippen LogP contribution in [0.5, 0.6) is 0 Å². The minimum atomic E-state index is -0.249. The maximum absolute atomic E-state index is 12.8. The molecule has 22 heavy (non-hydrogen) atoms. The Hall–Kier alpha value is -2.24. The molecule has 5 nitrogen and oxygen atoms in total. The summed E-state index contributed by atoms with van der Waals surface area (Å²) in [5, 5.41) is 7.13. The number of hydrogen-bond acceptors (Lipinski definition) is 3. The monoisotopic (exact) mass is 302 g/mol. The van der Waals surface area contributed by atoms with Crippen LogP contribution in [0.25, 0.3) is 0 Å². The highest BCUT2D eigenvalue weighted by Crippen LogP contribution is 2.28. The van der Waals surface area contributed by atoms with Gasteiger partial charge in [-0.2, -0.15) is 5.10 Å². The molecular formula is C16H19FN4O. The lowest BCUT2D eigenvalue weighted by molar-refractivity contribution is -0.122. The van der Waals surface area contributed by atoms with Crippen molar-refractivity contribution < 1.29 is 9.18 Å². The zero-order valence-corrected chi connectivity index (χ0v) is 12.3. The smallest absolute Gasteiger partial charge is 0.220 e. The van der Waals surface area contributed by atoms with Gasteiger partial charge in [0.15, 0.2) is 0 Å². The van der Waals surface area contributed by atoms with E-state index in [1.807, 2.05) is 4.68 Å². The fraction of sp³-hybridized carbons (Fsp3) is 0.438. The van der Waals surface area contributed by atoms with Gasteiger partial charge in [0.05, 0.1) is 0 Å². The van der Waals surface area contributed by atoms with Gasteiger partial charge in [0.2, 0.25) is 5.91 Å². The number of nitrogens with zero attached hydrogens (tertiary/aromatic N) is 3. The number of nitrogens with one attached hydrogen (secondary N) is 1. The molecule has 1 aliphatic carbocycles. The van der Waals surface area contributed by atoms with Crippen LogP contribution in [0, 0.1) is 11.7 Å². The van der Waals surface area contributed by atoms with Crippen molar-refractivity contribution in [2.24, 2.45) is 5.92 Å². The lowest BCUT2D eigenvalue weighted by Crippen LogP contribution is -2.45. The topological polar surface area (TPSA) is 59.8 Å². The van der Waals surface area contributed by atoms with Crippen LogP contribution in [-0.4, -0.2) is 26.7 Å². The van der Waals surface area contributed by atoms with Crippen LogP contribution in [0.2, 0.25) is 0 Å². The predicted octanol–water partition coefficient (Wildman–Crippen LogP) is 1.94. The molecular weight excluding hydrogens is 283 g/mol. The molecule has 1 heterocycles. The zero-order chi connectivity index (χ0) is 15.4. The highest BCUT2D eigenvalue weighted by Gasteiger charge is 2.30. The molecule has 6 heteroatoms. The molecule has 1 fully saturated rings.